The zero-order valence-electron chi connectivity index (χ0n) is 11.8. The number of rotatable bonds is 4. The average molecular weight is 252 g/mol. The summed E-state index contributed by atoms with van der Waals surface area (Å²) < 4.78 is 0. The van der Waals surface area contributed by atoms with Crippen molar-refractivity contribution in [3.63, 3.8) is 0 Å². The number of Topliss-reactive ketones (excluding diaryl/α,β-unsaturated/α-hetero) is 1. The van der Waals surface area contributed by atoms with Crippen molar-refractivity contribution >= 4 is 5.78 Å². The molecular formula is C18H20O. The summed E-state index contributed by atoms with van der Waals surface area (Å²) in [6.07, 6.45) is 0.562. The van der Waals surface area contributed by atoms with E-state index in [1.54, 1.807) is 6.92 Å². The maximum atomic E-state index is 11.6. The van der Waals surface area contributed by atoms with Gasteiger partial charge in [-0.2, -0.15) is 0 Å². The van der Waals surface area contributed by atoms with E-state index in [0.29, 0.717) is 6.42 Å². The number of aryl methyl sites for hydroxylation is 2. The molecule has 0 radical (unpaired) electrons. The monoisotopic (exact) mass is 252 g/mol. The van der Waals surface area contributed by atoms with E-state index in [2.05, 4.69) is 62.4 Å². The third-order valence-electron chi connectivity index (χ3n) is 3.42. The fraction of sp³-hybridized carbons (Fsp3) is 0.278. The fourth-order valence-corrected chi connectivity index (χ4v) is 2.40. The predicted molar refractivity (Wildman–Crippen MR) is 79.5 cm³/mol. The van der Waals surface area contributed by atoms with Gasteiger partial charge in [0, 0.05) is 12.3 Å². The van der Waals surface area contributed by atoms with Crippen LogP contribution in [0.3, 0.4) is 0 Å². The van der Waals surface area contributed by atoms with Crippen LogP contribution in [0.4, 0.5) is 0 Å². The van der Waals surface area contributed by atoms with Crippen molar-refractivity contribution in [2.45, 2.75) is 33.1 Å². The van der Waals surface area contributed by atoms with Crippen LogP contribution < -0.4 is 0 Å². The molecule has 0 saturated heterocycles. The third-order valence-corrected chi connectivity index (χ3v) is 3.42. The highest BCUT2D eigenvalue weighted by molar-refractivity contribution is 5.77. The minimum absolute atomic E-state index is 0.165. The molecule has 0 bridgehead atoms. The lowest BCUT2D eigenvalue weighted by Gasteiger charge is -2.17. The molecule has 0 fully saturated rings. The van der Waals surface area contributed by atoms with Crippen molar-refractivity contribution in [2.75, 3.05) is 0 Å². The SMILES string of the molecule is CC(=O)CC(c1ccc(C)cc1)c1cccc(C)c1. The molecule has 2 aromatic rings. The number of ketones is 1. The summed E-state index contributed by atoms with van der Waals surface area (Å²) in [4.78, 5) is 11.6. The normalized spacial score (nSPS) is 12.2. The lowest BCUT2D eigenvalue weighted by atomic mass is 9.86. The summed E-state index contributed by atoms with van der Waals surface area (Å²) in [5.74, 6) is 0.394. The fourth-order valence-electron chi connectivity index (χ4n) is 2.40. The molecule has 0 aromatic heterocycles. The third kappa shape index (κ3) is 3.54. The first-order chi connectivity index (χ1) is 9.06. The molecule has 0 aliphatic heterocycles. The summed E-state index contributed by atoms with van der Waals surface area (Å²) in [7, 11) is 0. The van der Waals surface area contributed by atoms with Gasteiger partial charge in [0.05, 0.1) is 0 Å². The molecule has 2 aromatic carbocycles. The Morgan fingerprint density at radius 3 is 2.21 bits per heavy atom. The van der Waals surface area contributed by atoms with Gasteiger partial charge in [0.2, 0.25) is 0 Å². The van der Waals surface area contributed by atoms with Crippen LogP contribution in [0.15, 0.2) is 48.5 Å². The topological polar surface area (TPSA) is 17.1 Å². The molecule has 1 nitrogen and oxygen atoms in total. The Kier molecular flexibility index (Phi) is 4.16. The molecular weight excluding hydrogens is 232 g/mol. The van der Waals surface area contributed by atoms with Crippen LogP contribution in [-0.4, -0.2) is 5.78 Å². The van der Waals surface area contributed by atoms with Crippen LogP contribution >= 0.6 is 0 Å². The average Bonchev–Trinajstić information content (AvgIpc) is 2.37. The largest absolute Gasteiger partial charge is 0.300 e. The molecule has 1 heteroatoms. The molecule has 0 spiro atoms. The number of hydrogen-bond donors (Lipinski definition) is 0. The van der Waals surface area contributed by atoms with E-state index in [1.165, 1.54) is 22.3 Å². The Morgan fingerprint density at radius 1 is 0.947 bits per heavy atom. The van der Waals surface area contributed by atoms with Crippen molar-refractivity contribution < 1.29 is 4.79 Å². The molecule has 1 unspecified atom stereocenters. The van der Waals surface area contributed by atoms with Gasteiger partial charge in [-0.3, -0.25) is 4.79 Å². The van der Waals surface area contributed by atoms with E-state index in [0.717, 1.165) is 0 Å². The number of hydrogen-bond acceptors (Lipinski definition) is 1. The van der Waals surface area contributed by atoms with Crippen LogP contribution in [0.5, 0.6) is 0 Å². The van der Waals surface area contributed by atoms with E-state index < -0.39 is 0 Å². The van der Waals surface area contributed by atoms with Gasteiger partial charge in [-0.1, -0.05) is 59.7 Å². The quantitative estimate of drug-likeness (QED) is 0.787. The minimum atomic E-state index is 0.165. The van der Waals surface area contributed by atoms with Crippen molar-refractivity contribution in [3.05, 3.63) is 70.8 Å². The van der Waals surface area contributed by atoms with Crippen LogP contribution in [0.25, 0.3) is 0 Å². The standard InChI is InChI=1S/C18H20O/c1-13-7-9-16(10-8-13)18(12-15(3)19)17-6-4-5-14(2)11-17/h4-11,18H,12H2,1-3H3. The first-order valence-corrected chi connectivity index (χ1v) is 6.69. The molecule has 0 aliphatic rings. The van der Waals surface area contributed by atoms with E-state index >= 15 is 0 Å². The summed E-state index contributed by atoms with van der Waals surface area (Å²) in [6, 6.07) is 16.9. The van der Waals surface area contributed by atoms with Gasteiger partial charge in [0.1, 0.15) is 5.78 Å². The van der Waals surface area contributed by atoms with Crippen LogP contribution in [0.2, 0.25) is 0 Å². The second-order valence-corrected chi connectivity index (χ2v) is 5.28. The van der Waals surface area contributed by atoms with Crippen molar-refractivity contribution in [1.82, 2.24) is 0 Å². The summed E-state index contributed by atoms with van der Waals surface area (Å²) in [5.41, 5.74) is 4.91. The smallest absolute Gasteiger partial charge is 0.130 e. The maximum absolute atomic E-state index is 11.6. The Bertz CT molecular complexity index is 566. The highest BCUT2D eigenvalue weighted by Gasteiger charge is 2.16. The maximum Gasteiger partial charge on any atom is 0.130 e. The van der Waals surface area contributed by atoms with Gasteiger partial charge in [0.25, 0.3) is 0 Å². The zero-order chi connectivity index (χ0) is 13.8. The number of benzene rings is 2. The van der Waals surface area contributed by atoms with Gasteiger partial charge in [0.15, 0.2) is 0 Å². The highest BCUT2D eigenvalue weighted by Crippen LogP contribution is 2.29. The zero-order valence-corrected chi connectivity index (χ0v) is 11.8. The first kappa shape index (κ1) is 13.5. The predicted octanol–water partition coefficient (Wildman–Crippen LogP) is 4.41. The lowest BCUT2D eigenvalue weighted by molar-refractivity contribution is -0.117. The van der Waals surface area contributed by atoms with Crippen LogP contribution in [-0.2, 0) is 4.79 Å². The van der Waals surface area contributed by atoms with Gasteiger partial charge < -0.3 is 0 Å². The second kappa shape index (κ2) is 5.83. The summed E-state index contributed by atoms with van der Waals surface area (Å²) in [6.45, 7) is 5.83. The van der Waals surface area contributed by atoms with Gasteiger partial charge in [-0.25, -0.2) is 0 Å². The van der Waals surface area contributed by atoms with Crippen molar-refractivity contribution in [3.8, 4) is 0 Å². The van der Waals surface area contributed by atoms with E-state index in [4.69, 9.17) is 0 Å². The number of carbonyl (C=O) groups is 1. The summed E-state index contributed by atoms with van der Waals surface area (Å²) in [5, 5.41) is 0. The van der Waals surface area contributed by atoms with Gasteiger partial charge in [-0.15, -0.1) is 0 Å². The lowest BCUT2D eigenvalue weighted by Crippen LogP contribution is -2.06. The molecule has 19 heavy (non-hydrogen) atoms. The molecule has 98 valence electrons. The highest BCUT2D eigenvalue weighted by atomic mass is 16.1. The Hall–Kier alpha value is -1.89. The Morgan fingerprint density at radius 2 is 1.63 bits per heavy atom. The minimum Gasteiger partial charge on any atom is -0.300 e. The Labute approximate surface area is 115 Å². The molecule has 2 rings (SSSR count). The Balaban J connectivity index is 2.40. The molecule has 0 amide bonds. The van der Waals surface area contributed by atoms with Crippen LogP contribution in [0.1, 0.15) is 41.5 Å². The molecule has 0 heterocycles. The molecule has 1 atom stereocenters. The van der Waals surface area contributed by atoms with Crippen molar-refractivity contribution in [1.29, 1.82) is 0 Å². The second-order valence-electron chi connectivity index (χ2n) is 5.28. The van der Waals surface area contributed by atoms with Crippen molar-refractivity contribution in [2.24, 2.45) is 0 Å². The number of carbonyl (C=O) groups excluding carboxylic acids is 1. The van der Waals surface area contributed by atoms with E-state index in [9.17, 15) is 4.79 Å². The van der Waals surface area contributed by atoms with Gasteiger partial charge >= 0.3 is 0 Å². The summed E-state index contributed by atoms with van der Waals surface area (Å²) >= 11 is 0. The van der Waals surface area contributed by atoms with Gasteiger partial charge in [-0.05, 0) is 31.9 Å². The van der Waals surface area contributed by atoms with E-state index in [-0.39, 0.29) is 11.7 Å². The van der Waals surface area contributed by atoms with E-state index in [1.807, 2.05) is 0 Å². The molecule has 0 saturated carbocycles. The van der Waals surface area contributed by atoms with Crippen LogP contribution in [0, 0.1) is 13.8 Å². The first-order valence-electron chi connectivity index (χ1n) is 6.69. The molecule has 0 N–H and O–H groups in total. The molecule has 0 aliphatic carbocycles.